The van der Waals surface area contributed by atoms with Gasteiger partial charge in [-0.15, -0.1) is 0 Å². The number of carboxylic acid groups (broad SMARTS) is 1. The second kappa shape index (κ2) is 6.14. The highest BCUT2D eigenvalue weighted by atomic mass is 16.4. The molecule has 0 unspecified atom stereocenters. The first-order chi connectivity index (χ1) is 9.18. The van der Waals surface area contributed by atoms with Gasteiger partial charge in [0, 0.05) is 12.4 Å². The summed E-state index contributed by atoms with van der Waals surface area (Å²) < 4.78 is 0. The number of aromatic nitrogens is 1. The van der Waals surface area contributed by atoms with Gasteiger partial charge in [-0.2, -0.15) is 0 Å². The van der Waals surface area contributed by atoms with Crippen LogP contribution in [0, 0.1) is 5.92 Å². The minimum Gasteiger partial charge on any atom is -0.481 e. The molecular formula is C16H17NO2. The molecule has 2 atom stereocenters. The number of hydrogen-bond acceptors (Lipinski definition) is 2. The lowest BCUT2D eigenvalue weighted by molar-refractivity contribution is -0.140. The summed E-state index contributed by atoms with van der Waals surface area (Å²) in [5.74, 6) is -1.30. The van der Waals surface area contributed by atoms with E-state index < -0.39 is 11.9 Å². The van der Waals surface area contributed by atoms with E-state index in [1.165, 1.54) is 0 Å². The standard InChI is InChI=1S/C16H17NO2/c1-12(10-13-6-3-2-4-7-13)15(16(18)19)14-8-5-9-17-11-14/h2-9,11-12,15H,10H2,1H3,(H,18,19)/t12-,15+/m0/s1. The number of carboxylic acids is 1. The second-order valence-electron chi connectivity index (χ2n) is 4.77. The van der Waals surface area contributed by atoms with Gasteiger partial charge in [0.1, 0.15) is 0 Å². The van der Waals surface area contributed by atoms with Crippen molar-refractivity contribution in [2.24, 2.45) is 5.92 Å². The van der Waals surface area contributed by atoms with Crippen LogP contribution in [0.2, 0.25) is 0 Å². The largest absolute Gasteiger partial charge is 0.481 e. The van der Waals surface area contributed by atoms with Crippen molar-refractivity contribution in [1.82, 2.24) is 4.98 Å². The molecule has 0 radical (unpaired) electrons. The van der Waals surface area contributed by atoms with E-state index in [4.69, 9.17) is 0 Å². The van der Waals surface area contributed by atoms with E-state index in [-0.39, 0.29) is 5.92 Å². The van der Waals surface area contributed by atoms with Gasteiger partial charge in [-0.1, -0.05) is 43.3 Å². The molecule has 0 bridgehead atoms. The van der Waals surface area contributed by atoms with Gasteiger partial charge in [0.2, 0.25) is 0 Å². The molecule has 1 N–H and O–H groups in total. The molecule has 1 heterocycles. The summed E-state index contributed by atoms with van der Waals surface area (Å²) in [5.41, 5.74) is 1.92. The van der Waals surface area contributed by atoms with Crippen LogP contribution in [0.5, 0.6) is 0 Å². The zero-order valence-electron chi connectivity index (χ0n) is 10.9. The average Bonchev–Trinajstić information content (AvgIpc) is 2.40. The Labute approximate surface area is 112 Å². The zero-order chi connectivity index (χ0) is 13.7. The molecule has 0 aliphatic carbocycles. The fraction of sp³-hybridized carbons (Fsp3) is 0.250. The monoisotopic (exact) mass is 255 g/mol. The maximum atomic E-state index is 11.5. The summed E-state index contributed by atoms with van der Waals surface area (Å²) in [6, 6.07) is 13.6. The Bertz CT molecular complexity index is 525. The van der Waals surface area contributed by atoms with Crippen LogP contribution in [-0.4, -0.2) is 16.1 Å². The minimum atomic E-state index is -0.795. The van der Waals surface area contributed by atoms with Gasteiger partial charge in [-0.05, 0) is 29.5 Å². The lowest BCUT2D eigenvalue weighted by Gasteiger charge is -2.20. The molecule has 0 spiro atoms. The fourth-order valence-corrected chi connectivity index (χ4v) is 2.38. The smallest absolute Gasteiger partial charge is 0.311 e. The maximum absolute atomic E-state index is 11.5. The SMILES string of the molecule is C[C@@H](Cc1ccccc1)[C@@H](C(=O)O)c1cccnc1. The first-order valence-electron chi connectivity index (χ1n) is 6.35. The normalized spacial score (nSPS) is 13.7. The van der Waals surface area contributed by atoms with Crippen LogP contribution in [0.1, 0.15) is 24.0 Å². The fourth-order valence-electron chi connectivity index (χ4n) is 2.38. The van der Waals surface area contributed by atoms with Crippen molar-refractivity contribution in [1.29, 1.82) is 0 Å². The highest BCUT2D eigenvalue weighted by Gasteiger charge is 2.26. The summed E-state index contributed by atoms with van der Waals surface area (Å²) in [7, 11) is 0. The van der Waals surface area contributed by atoms with Crippen LogP contribution in [-0.2, 0) is 11.2 Å². The molecule has 3 nitrogen and oxygen atoms in total. The van der Waals surface area contributed by atoms with Gasteiger partial charge in [0.15, 0.2) is 0 Å². The molecule has 0 amide bonds. The van der Waals surface area contributed by atoms with E-state index in [2.05, 4.69) is 4.98 Å². The molecular weight excluding hydrogens is 238 g/mol. The number of pyridine rings is 1. The summed E-state index contributed by atoms with van der Waals surface area (Å²) in [4.78, 5) is 15.5. The molecule has 0 aliphatic heterocycles. The number of nitrogens with zero attached hydrogens (tertiary/aromatic N) is 1. The van der Waals surface area contributed by atoms with Crippen molar-refractivity contribution in [3.05, 3.63) is 66.0 Å². The van der Waals surface area contributed by atoms with Crippen molar-refractivity contribution in [2.45, 2.75) is 19.3 Å². The Morgan fingerprint density at radius 2 is 1.95 bits per heavy atom. The first kappa shape index (κ1) is 13.3. The molecule has 1 aromatic heterocycles. The van der Waals surface area contributed by atoms with Crippen LogP contribution in [0.15, 0.2) is 54.9 Å². The van der Waals surface area contributed by atoms with Gasteiger partial charge < -0.3 is 5.11 Å². The zero-order valence-corrected chi connectivity index (χ0v) is 10.9. The number of aliphatic carboxylic acids is 1. The number of benzene rings is 1. The molecule has 98 valence electrons. The summed E-state index contributed by atoms with van der Waals surface area (Å²) in [6.07, 6.45) is 4.04. The van der Waals surface area contributed by atoms with Crippen molar-refractivity contribution < 1.29 is 9.90 Å². The summed E-state index contributed by atoms with van der Waals surface area (Å²) in [6.45, 7) is 1.97. The molecule has 0 saturated carbocycles. The highest BCUT2D eigenvalue weighted by Crippen LogP contribution is 2.27. The van der Waals surface area contributed by atoms with E-state index >= 15 is 0 Å². The first-order valence-corrected chi connectivity index (χ1v) is 6.35. The maximum Gasteiger partial charge on any atom is 0.311 e. The molecule has 3 heteroatoms. The van der Waals surface area contributed by atoms with Crippen LogP contribution in [0.25, 0.3) is 0 Å². The number of rotatable bonds is 5. The van der Waals surface area contributed by atoms with Crippen molar-refractivity contribution in [3.8, 4) is 0 Å². The van der Waals surface area contributed by atoms with Crippen LogP contribution >= 0.6 is 0 Å². The third kappa shape index (κ3) is 3.41. The van der Waals surface area contributed by atoms with Gasteiger partial charge in [0.05, 0.1) is 5.92 Å². The van der Waals surface area contributed by atoms with Crippen LogP contribution in [0.3, 0.4) is 0 Å². The minimum absolute atomic E-state index is 0.0177. The predicted molar refractivity (Wildman–Crippen MR) is 73.9 cm³/mol. The van der Waals surface area contributed by atoms with E-state index in [1.54, 1.807) is 18.5 Å². The Kier molecular flexibility index (Phi) is 4.29. The average molecular weight is 255 g/mol. The summed E-state index contributed by atoms with van der Waals surface area (Å²) in [5, 5.41) is 9.45. The third-order valence-corrected chi connectivity index (χ3v) is 3.28. The number of hydrogen-bond donors (Lipinski definition) is 1. The molecule has 2 rings (SSSR count). The van der Waals surface area contributed by atoms with E-state index in [0.717, 1.165) is 17.5 Å². The highest BCUT2D eigenvalue weighted by molar-refractivity contribution is 5.76. The Morgan fingerprint density at radius 3 is 2.53 bits per heavy atom. The van der Waals surface area contributed by atoms with Gasteiger partial charge in [0.25, 0.3) is 0 Å². The van der Waals surface area contributed by atoms with Gasteiger partial charge in [-0.25, -0.2) is 0 Å². The number of carbonyl (C=O) groups is 1. The Morgan fingerprint density at radius 1 is 1.21 bits per heavy atom. The molecule has 2 aromatic rings. The van der Waals surface area contributed by atoms with Gasteiger partial charge in [-0.3, -0.25) is 9.78 Å². The summed E-state index contributed by atoms with van der Waals surface area (Å²) >= 11 is 0. The second-order valence-corrected chi connectivity index (χ2v) is 4.77. The molecule has 19 heavy (non-hydrogen) atoms. The molecule has 0 aliphatic rings. The van der Waals surface area contributed by atoms with Crippen LogP contribution < -0.4 is 0 Å². The Hall–Kier alpha value is -2.16. The van der Waals surface area contributed by atoms with E-state index in [1.807, 2.05) is 43.3 Å². The lowest BCUT2D eigenvalue weighted by atomic mass is 9.84. The predicted octanol–water partition coefficient (Wildman–Crippen LogP) is 3.13. The van der Waals surface area contributed by atoms with E-state index in [9.17, 15) is 9.90 Å². The molecule has 1 aromatic carbocycles. The molecule has 0 saturated heterocycles. The lowest BCUT2D eigenvalue weighted by Crippen LogP contribution is -2.21. The Balaban J connectivity index is 2.18. The van der Waals surface area contributed by atoms with Crippen LogP contribution in [0.4, 0.5) is 0 Å². The van der Waals surface area contributed by atoms with Gasteiger partial charge >= 0.3 is 5.97 Å². The van der Waals surface area contributed by atoms with Crippen molar-refractivity contribution in [2.75, 3.05) is 0 Å². The quantitative estimate of drug-likeness (QED) is 0.893. The van der Waals surface area contributed by atoms with E-state index in [0.29, 0.717) is 0 Å². The van der Waals surface area contributed by atoms with Crippen molar-refractivity contribution >= 4 is 5.97 Å². The topological polar surface area (TPSA) is 50.2 Å². The third-order valence-electron chi connectivity index (χ3n) is 3.28. The van der Waals surface area contributed by atoms with Crippen molar-refractivity contribution in [3.63, 3.8) is 0 Å². The molecule has 0 fully saturated rings.